The maximum atomic E-state index is 13.4. The minimum absolute atomic E-state index is 0.297. The van der Waals surface area contributed by atoms with Crippen molar-refractivity contribution in [2.75, 3.05) is 5.32 Å². The Morgan fingerprint density at radius 2 is 1.56 bits per heavy atom. The molecule has 0 unspecified atom stereocenters. The average molecular weight is 244 g/mol. The Morgan fingerprint density at radius 3 is 2.11 bits per heavy atom. The molecule has 2 rings (SSSR count). The average Bonchev–Trinajstić information content (AvgIpc) is 2.32. The van der Waals surface area contributed by atoms with Crippen LogP contribution in [0.25, 0.3) is 0 Å². The highest BCUT2D eigenvalue weighted by Crippen LogP contribution is 2.14. The molecule has 2 nitrogen and oxygen atoms in total. The van der Waals surface area contributed by atoms with Gasteiger partial charge in [-0.15, -0.1) is 0 Å². The molecule has 0 heterocycles. The van der Waals surface area contributed by atoms with Crippen molar-refractivity contribution in [2.45, 2.75) is 0 Å². The molecule has 5 heteroatoms. The number of hydrogen-bond donors (Lipinski definition) is 2. The van der Waals surface area contributed by atoms with Crippen LogP contribution in [0, 0.1) is 17.0 Å². The summed E-state index contributed by atoms with van der Waals surface area (Å²) >= 11 is 0. The van der Waals surface area contributed by atoms with Crippen LogP contribution in [0.4, 0.5) is 14.5 Å². The summed E-state index contributed by atoms with van der Waals surface area (Å²) in [5, 5.41) is 10.4. The van der Waals surface area contributed by atoms with Gasteiger partial charge in [-0.05, 0) is 24.3 Å². The molecular formula is C13H11BF2N2. The molecule has 0 aliphatic rings. The number of benzene rings is 2. The highest BCUT2D eigenvalue weighted by Gasteiger charge is 2.13. The summed E-state index contributed by atoms with van der Waals surface area (Å²) in [6, 6.07) is 10.7. The van der Waals surface area contributed by atoms with Crippen molar-refractivity contribution in [3.8, 4) is 0 Å². The van der Waals surface area contributed by atoms with Crippen molar-refractivity contribution in [1.29, 1.82) is 5.41 Å². The quantitative estimate of drug-likeness (QED) is 0.470. The zero-order valence-electron chi connectivity index (χ0n) is 9.80. The van der Waals surface area contributed by atoms with Crippen molar-refractivity contribution >= 4 is 24.8 Å². The lowest BCUT2D eigenvalue weighted by Crippen LogP contribution is -2.16. The van der Waals surface area contributed by atoms with E-state index in [4.69, 9.17) is 5.41 Å². The first-order valence-corrected chi connectivity index (χ1v) is 5.44. The predicted octanol–water partition coefficient (Wildman–Crippen LogP) is 1.66. The molecule has 0 amide bonds. The first-order valence-electron chi connectivity index (χ1n) is 5.44. The van der Waals surface area contributed by atoms with Crippen LogP contribution in [0.1, 0.15) is 5.56 Å². The Kier molecular flexibility index (Phi) is 3.41. The van der Waals surface area contributed by atoms with Crippen molar-refractivity contribution < 1.29 is 8.78 Å². The largest absolute Gasteiger partial charge is 0.340 e. The number of anilines is 1. The topological polar surface area (TPSA) is 35.9 Å². The number of amidine groups is 1. The third-order valence-electron chi connectivity index (χ3n) is 2.53. The van der Waals surface area contributed by atoms with Gasteiger partial charge in [0, 0.05) is 5.69 Å². The highest BCUT2D eigenvalue weighted by atomic mass is 19.1. The molecule has 0 bridgehead atoms. The molecule has 0 saturated heterocycles. The lowest BCUT2D eigenvalue weighted by atomic mass is 9.96. The molecule has 2 N–H and O–H groups in total. The Morgan fingerprint density at radius 1 is 1.00 bits per heavy atom. The van der Waals surface area contributed by atoms with Gasteiger partial charge in [0.25, 0.3) is 0 Å². The van der Waals surface area contributed by atoms with Crippen molar-refractivity contribution in [3.05, 3.63) is 59.7 Å². The first kappa shape index (κ1) is 12.3. The molecule has 0 aromatic heterocycles. The highest BCUT2D eigenvalue weighted by molar-refractivity contribution is 6.32. The van der Waals surface area contributed by atoms with E-state index >= 15 is 0 Å². The Labute approximate surface area is 105 Å². The molecule has 2 aromatic rings. The standard InChI is InChI=1S/C13H11BF2N2/c14-8-4-6-9(7-5-8)18-13(17)12-10(15)2-1-3-11(12)16/h1-7H,14H2,(H2,17,18). The number of hydrogen-bond acceptors (Lipinski definition) is 1. The van der Waals surface area contributed by atoms with E-state index in [1.54, 1.807) is 12.1 Å². The molecule has 0 fully saturated rings. The first-order chi connectivity index (χ1) is 8.58. The zero-order valence-corrected chi connectivity index (χ0v) is 9.80. The van der Waals surface area contributed by atoms with E-state index in [0.29, 0.717) is 5.69 Å². The number of nitrogens with one attached hydrogen (secondary N) is 2. The summed E-state index contributed by atoms with van der Waals surface area (Å²) in [6.45, 7) is 0. The van der Waals surface area contributed by atoms with Crippen LogP contribution in [-0.2, 0) is 0 Å². The van der Waals surface area contributed by atoms with Crippen LogP contribution in [0.2, 0.25) is 0 Å². The van der Waals surface area contributed by atoms with Gasteiger partial charge in [-0.2, -0.15) is 0 Å². The molecular weight excluding hydrogens is 233 g/mol. The number of rotatable bonds is 2. The van der Waals surface area contributed by atoms with Crippen LogP contribution >= 0.6 is 0 Å². The van der Waals surface area contributed by atoms with E-state index in [-0.39, 0.29) is 11.4 Å². The third kappa shape index (κ3) is 2.56. The fourth-order valence-electron chi connectivity index (χ4n) is 1.58. The fourth-order valence-corrected chi connectivity index (χ4v) is 1.58. The second-order valence-electron chi connectivity index (χ2n) is 3.96. The van der Waals surface area contributed by atoms with Gasteiger partial charge in [-0.1, -0.05) is 23.7 Å². The minimum Gasteiger partial charge on any atom is -0.340 e. The van der Waals surface area contributed by atoms with Crippen molar-refractivity contribution in [1.82, 2.24) is 0 Å². The molecule has 0 radical (unpaired) electrons. The van der Waals surface area contributed by atoms with Gasteiger partial charge in [-0.25, -0.2) is 8.78 Å². The zero-order chi connectivity index (χ0) is 13.1. The molecule has 2 aromatic carbocycles. The molecule has 0 aliphatic carbocycles. The minimum atomic E-state index is -0.750. The van der Waals surface area contributed by atoms with E-state index in [9.17, 15) is 8.78 Å². The molecule has 90 valence electrons. The maximum Gasteiger partial charge on any atom is 0.139 e. The molecule has 0 aliphatic heterocycles. The second-order valence-corrected chi connectivity index (χ2v) is 3.96. The van der Waals surface area contributed by atoms with E-state index in [0.717, 1.165) is 17.6 Å². The normalized spacial score (nSPS) is 10.1. The Bertz CT molecular complexity index is 562. The van der Waals surface area contributed by atoms with E-state index < -0.39 is 11.6 Å². The smallest absolute Gasteiger partial charge is 0.139 e. The predicted molar refractivity (Wildman–Crippen MR) is 71.4 cm³/mol. The van der Waals surface area contributed by atoms with E-state index in [2.05, 4.69) is 5.32 Å². The summed E-state index contributed by atoms with van der Waals surface area (Å²) < 4.78 is 26.9. The lowest BCUT2D eigenvalue weighted by Gasteiger charge is -2.10. The summed E-state index contributed by atoms with van der Waals surface area (Å²) in [6.07, 6.45) is 0. The van der Waals surface area contributed by atoms with Gasteiger partial charge < -0.3 is 5.32 Å². The van der Waals surface area contributed by atoms with Crippen LogP contribution < -0.4 is 10.8 Å². The van der Waals surface area contributed by atoms with E-state index in [1.165, 1.54) is 6.07 Å². The summed E-state index contributed by atoms with van der Waals surface area (Å²) in [7, 11) is 1.94. The van der Waals surface area contributed by atoms with E-state index in [1.807, 2.05) is 20.0 Å². The van der Waals surface area contributed by atoms with Crippen LogP contribution in [0.15, 0.2) is 42.5 Å². The monoisotopic (exact) mass is 244 g/mol. The van der Waals surface area contributed by atoms with Gasteiger partial charge in [0.05, 0.1) is 5.56 Å². The van der Waals surface area contributed by atoms with Gasteiger partial charge in [0.1, 0.15) is 25.3 Å². The summed E-state index contributed by atoms with van der Waals surface area (Å²) in [5.41, 5.74) is 1.34. The van der Waals surface area contributed by atoms with Crippen molar-refractivity contribution in [2.24, 2.45) is 0 Å². The SMILES string of the molecule is Bc1ccc(NC(=N)c2c(F)cccc2F)cc1. The lowest BCUT2D eigenvalue weighted by molar-refractivity contribution is 0.579. The Balaban J connectivity index is 2.25. The maximum absolute atomic E-state index is 13.4. The molecule has 0 spiro atoms. The van der Waals surface area contributed by atoms with Crippen molar-refractivity contribution in [3.63, 3.8) is 0 Å². The van der Waals surface area contributed by atoms with Gasteiger partial charge in [-0.3, -0.25) is 5.41 Å². The third-order valence-corrected chi connectivity index (χ3v) is 2.53. The van der Waals surface area contributed by atoms with Crippen LogP contribution in [-0.4, -0.2) is 13.7 Å². The molecule has 0 atom stereocenters. The van der Waals surface area contributed by atoms with Gasteiger partial charge in [0.15, 0.2) is 0 Å². The fraction of sp³-hybridized carbons (Fsp3) is 0. The van der Waals surface area contributed by atoms with Crippen LogP contribution in [0.5, 0.6) is 0 Å². The molecule has 18 heavy (non-hydrogen) atoms. The Hall–Kier alpha value is -2.17. The van der Waals surface area contributed by atoms with Crippen LogP contribution in [0.3, 0.4) is 0 Å². The summed E-state index contributed by atoms with van der Waals surface area (Å²) in [5.74, 6) is -1.80. The van der Waals surface area contributed by atoms with Gasteiger partial charge >= 0.3 is 0 Å². The summed E-state index contributed by atoms with van der Waals surface area (Å²) in [4.78, 5) is 0. The van der Waals surface area contributed by atoms with Gasteiger partial charge in [0.2, 0.25) is 0 Å². The number of halogens is 2. The second kappa shape index (κ2) is 5.00. The molecule has 0 saturated carbocycles.